The number of aromatic carboxylic acids is 1. The van der Waals surface area contributed by atoms with Gasteiger partial charge in [0.15, 0.2) is 5.76 Å². The number of rotatable bonds is 4. The van der Waals surface area contributed by atoms with Crippen LogP contribution in [0.5, 0.6) is 0 Å². The van der Waals surface area contributed by atoms with Crippen LogP contribution in [0.1, 0.15) is 39.6 Å². The largest absolute Gasteiger partial charge is 0.478 e. The lowest BCUT2D eigenvalue weighted by atomic mass is 9.90. The molecule has 0 amide bonds. The molecule has 0 radical (unpaired) electrons. The second-order valence-electron chi connectivity index (χ2n) is 8.51. The monoisotopic (exact) mass is 434 g/mol. The smallest absolute Gasteiger partial charge is 0.335 e. The minimum absolute atomic E-state index is 0.196. The zero-order chi connectivity index (χ0) is 22.4. The molecule has 2 aliphatic rings. The van der Waals surface area contributed by atoms with Crippen molar-refractivity contribution in [2.45, 2.75) is 25.2 Å². The van der Waals surface area contributed by atoms with E-state index in [0.717, 1.165) is 47.6 Å². The van der Waals surface area contributed by atoms with E-state index < -0.39 is 5.97 Å². The molecule has 0 bridgehead atoms. The first-order valence-electron chi connectivity index (χ1n) is 11.2. The van der Waals surface area contributed by atoms with Crippen molar-refractivity contribution in [2.75, 3.05) is 0 Å². The normalized spacial score (nSPS) is 16.4. The van der Waals surface area contributed by atoms with Crippen LogP contribution in [0.15, 0.2) is 89.5 Å². The van der Waals surface area contributed by atoms with Crippen molar-refractivity contribution in [2.24, 2.45) is 0 Å². The van der Waals surface area contributed by atoms with E-state index in [-0.39, 0.29) is 11.5 Å². The summed E-state index contributed by atoms with van der Waals surface area (Å²) in [4.78, 5) is 11.7. The minimum Gasteiger partial charge on any atom is -0.478 e. The summed E-state index contributed by atoms with van der Waals surface area (Å²) in [6, 6.07) is 19.7. The van der Waals surface area contributed by atoms with Crippen LogP contribution in [0, 0.1) is 0 Å². The molecule has 5 heteroatoms. The van der Waals surface area contributed by atoms with Crippen LogP contribution in [-0.4, -0.2) is 20.8 Å². The number of aryl methyl sites for hydroxylation is 1. The molecule has 0 spiro atoms. The number of fused-ring (bicyclic) bond motifs is 3. The van der Waals surface area contributed by atoms with E-state index >= 15 is 0 Å². The van der Waals surface area contributed by atoms with Crippen molar-refractivity contribution >= 4 is 5.97 Å². The molecule has 33 heavy (non-hydrogen) atoms. The second-order valence-corrected chi connectivity index (χ2v) is 8.51. The van der Waals surface area contributed by atoms with E-state index in [1.54, 1.807) is 18.2 Å². The average molecular weight is 434 g/mol. The van der Waals surface area contributed by atoms with Crippen molar-refractivity contribution < 1.29 is 14.4 Å². The molecule has 2 aromatic heterocycles. The van der Waals surface area contributed by atoms with Gasteiger partial charge in [0.25, 0.3) is 0 Å². The summed E-state index contributed by atoms with van der Waals surface area (Å²) in [6.07, 6.45) is 11.1. The highest BCUT2D eigenvalue weighted by molar-refractivity contribution is 5.88. The van der Waals surface area contributed by atoms with Gasteiger partial charge in [-0.25, -0.2) is 4.79 Å². The van der Waals surface area contributed by atoms with Crippen LogP contribution < -0.4 is 0 Å². The highest BCUT2D eigenvalue weighted by Gasteiger charge is 2.26. The number of aromatic nitrogens is 2. The topological polar surface area (TPSA) is 68.3 Å². The number of carboxylic acids is 1. The van der Waals surface area contributed by atoms with Gasteiger partial charge in [-0.3, -0.25) is 0 Å². The zero-order valence-corrected chi connectivity index (χ0v) is 17.9. The molecule has 1 N–H and O–H groups in total. The molecule has 0 aliphatic heterocycles. The third-order valence-electron chi connectivity index (χ3n) is 6.53. The third-order valence-corrected chi connectivity index (χ3v) is 6.53. The first kappa shape index (κ1) is 19.6. The van der Waals surface area contributed by atoms with Gasteiger partial charge in [-0.2, -0.15) is 0 Å². The van der Waals surface area contributed by atoms with Crippen molar-refractivity contribution in [3.8, 4) is 28.3 Å². The number of hydrogen-bond donors (Lipinski definition) is 1. The number of carbonyl (C=O) groups is 1. The summed E-state index contributed by atoms with van der Waals surface area (Å²) in [5.41, 5.74) is 7.71. The fourth-order valence-electron chi connectivity index (χ4n) is 4.92. The highest BCUT2D eigenvalue weighted by atomic mass is 16.5. The fraction of sp³-hybridized carbons (Fsp3) is 0.143. The van der Waals surface area contributed by atoms with E-state index in [1.165, 1.54) is 11.1 Å². The molecule has 162 valence electrons. The molecule has 2 heterocycles. The van der Waals surface area contributed by atoms with Crippen LogP contribution in [0.4, 0.5) is 0 Å². The minimum atomic E-state index is -0.941. The summed E-state index contributed by atoms with van der Waals surface area (Å²) in [5.74, 6) is -0.0639. The summed E-state index contributed by atoms with van der Waals surface area (Å²) in [5, 5.41) is 13.9. The van der Waals surface area contributed by atoms with Gasteiger partial charge >= 0.3 is 5.97 Å². The molecule has 0 saturated carbocycles. The molecular weight excluding hydrogens is 412 g/mol. The Balaban J connectivity index is 1.54. The molecular formula is C28H22N2O3. The number of benzene rings is 2. The molecule has 1 unspecified atom stereocenters. The standard InChI is InChI=1S/C28H22N2O3/c31-28(32)20-10-6-11-21(15-20)30-25-14-13-18-7-4-5-12-22(18)23(25)16-26(30)27-17-24(29-33-27)19-8-2-1-3-9-19/h1-8,10-12,15-17,19H,9,13-14H2,(H,31,32). The van der Waals surface area contributed by atoms with Crippen molar-refractivity contribution in [3.05, 3.63) is 107 Å². The van der Waals surface area contributed by atoms with Crippen LogP contribution >= 0.6 is 0 Å². The van der Waals surface area contributed by atoms with Crippen molar-refractivity contribution in [1.29, 1.82) is 0 Å². The van der Waals surface area contributed by atoms with Crippen LogP contribution in [0.3, 0.4) is 0 Å². The molecule has 6 rings (SSSR count). The molecule has 5 nitrogen and oxygen atoms in total. The third kappa shape index (κ3) is 3.33. The van der Waals surface area contributed by atoms with Crippen molar-refractivity contribution in [3.63, 3.8) is 0 Å². The predicted molar refractivity (Wildman–Crippen MR) is 127 cm³/mol. The van der Waals surface area contributed by atoms with Gasteiger partial charge in [0.1, 0.15) is 0 Å². The summed E-state index contributed by atoms with van der Waals surface area (Å²) in [7, 11) is 0. The Morgan fingerprint density at radius 3 is 2.76 bits per heavy atom. The lowest BCUT2D eigenvalue weighted by Gasteiger charge is -2.20. The maximum Gasteiger partial charge on any atom is 0.335 e. The Morgan fingerprint density at radius 1 is 1.00 bits per heavy atom. The van der Waals surface area contributed by atoms with Gasteiger partial charge in [0, 0.05) is 28.9 Å². The van der Waals surface area contributed by atoms with Gasteiger partial charge in [-0.05, 0) is 54.7 Å². The Hall–Kier alpha value is -4.12. The van der Waals surface area contributed by atoms with E-state index in [2.05, 4.69) is 52.2 Å². The van der Waals surface area contributed by atoms with Crippen LogP contribution in [0.2, 0.25) is 0 Å². The molecule has 2 aromatic carbocycles. The lowest BCUT2D eigenvalue weighted by Crippen LogP contribution is -2.09. The lowest BCUT2D eigenvalue weighted by molar-refractivity contribution is 0.0697. The van der Waals surface area contributed by atoms with E-state index in [4.69, 9.17) is 4.52 Å². The fourth-order valence-corrected chi connectivity index (χ4v) is 4.92. The maximum absolute atomic E-state index is 11.7. The molecule has 2 aliphatic carbocycles. The van der Waals surface area contributed by atoms with Gasteiger partial charge in [-0.15, -0.1) is 0 Å². The van der Waals surface area contributed by atoms with Crippen LogP contribution in [0.25, 0.3) is 28.3 Å². The quantitative estimate of drug-likeness (QED) is 0.415. The number of carboxylic acid groups (broad SMARTS) is 1. The van der Waals surface area contributed by atoms with Crippen LogP contribution in [-0.2, 0) is 12.8 Å². The summed E-state index contributed by atoms with van der Waals surface area (Å²) in [6.45, 7) is 0. The predicted octanol–water partition coefficient (Wildman–Crippen LogP) is 6.20. The van der Waals surface area contributed by atoms with Gasteiger partial charge in [0.05, 0.1) is 17.0 Å². The van der Waals surface area contributed by atoms with E-state index in [0.29, 0.717) is 5.76 Å². The Morgan fingerprint density at radius 2 is 1.91 bits per heavy atom. The highest BCUT2D eigenvalue weighted by Crippen LogP contribution is 2.41. The summed E-state index contributed by atoms with van der Waals surface area (Å²) >= 11 is 0. The Kier molecular flexibility index (Phi) is 4.61. The Bertz CT molecular complexity index is 1440. The van der Waals surface area contributed by atoms with Gasteiger partial charge in [-0.1, -0.05) is 59.8 Å². The van der Waals surface area contributed by atoms with E-state index in [9.17, 15) is 9.90 Å². The number of hydrogen-bond acceptors (Lipinski definition) is 3. The molecule has 0 fully saturated rings. The first-order chi connectivity index (χ1) is 16.2. The van der Waals surface area contributed by atoms with Crippen molar-refractivity contribution in [1.82, 2.24) is 9.72 Å². The SMILES string of the molecule is O=C(O)c1cccc(-n2c(-c3cc(C4C=CC=CC4)no3)cc3c2CCc2ccccc2-3)c1. The number of nitrogens with zero attached hydrogens (tertiary/aromatic N) is 2. The zero-order valence-electron chi connectivity index (χ0n) is 17.9. The molecule has 0 saturated heterocycles. The number of allylic oxidation sites excluding steroid dienone is 4. The first-order valence-corrected chi connectivity index (χ1v) is 11.2. The molecule has 1 atom stereocenters. The van der Waals surface area contributed by atoms with Gasteiger partial charge in [0.2, 0.25) is 0 Å². The second kappa shape index (κ2) is 7.78. The maximum atomic E-state index is 11.7. The molecule has 4 aromatic rings. The summed E-state index contributed by atoms with van der Waals surface area (Å²) < 4.78 is 8.00. The van der Waals surface area contributed by atoms with Gasteiger partial charge < -0.3 is 14.2 Å². The van der Waals surface area contributed by atoms with E-state index in [1.807, 2.05) is 24.3 Å². The average Bonchev–Trinajstić information content (AvgIpc) is 3.50. The Labute approximate surface area is 191 Å².